The molecule has 2 aromatic carbocycles. The number of ether oxygens (including phenoxy) is 3. The van der Waals surface area contributed by atoms with Crippen molar-refractivity contribution in [3.05, 3.63) is 83.8 Å². The molecular formula is C28H32O12S. The van der Waals surface area contributed by atoms with Gasteiger partial charge < -0.3 is 29.5 Å². The van der Waals surface area contributed by atoms with E-state index in [-0.39, 0.29) is 36.0 Å². The summed E-state index contributed by atoms with van der Waals surface area (Å²) in [4.78, 5) is 33.2. The Hall–Kier alpha value is -4.62. The summed E-state index contributed by atoms with van der Waals surface area (Å²) in [7, 11) is -4.05. The number of carbonyl (C=O) groups excluding carboxylic acids is 2. The highest BCUT2D eigenvalue weighted by atomic mass is 32.2. The third-order valence-electron chi connectivity index (χ3n) is 4.57. The van der Waals surface area contributed by atoms with Crippen molar-refractivity contribution in [2.75, 3.05) is 19.8 Å². The van der Waals surface area contributed by atoms with Gasteiger partial charge in [0.05, 0.1) is 11.8 Å². The third-order valence-corrected chi connectivity index (χ3v) is 5.50. The molecule has 0 aliphatic heterocycles. The molecule has 222 valence electrons. The Balaban J connectivity index is 0.000000435. The van der Waals surface area contributed by atoms with Crippen molar-refractivity contribution in [1.82, 2.24) is 0 Å². The average Bonchev–Trinajstić information content (AvgIpc) is 2.91. The first-order chi connectivity index (χ1) is 19.2. The van der Waals surface area contributed by atoms with Gasteiger partial charge >= 0.3 is 17.9 Å². The predicted molar refractivity (Wildman–Crippen MR) is 148 cm³/mol. The van der Waals surface area contributed by atoms with Gasteiger partial charge in [-0.2, -0.15) is 8.42 Å². The van der Waals surface area contributed by atoms with Crippen LogP contribution in [-0.4, -0.2) is 67.6 Å². The van der Waals surface area contributed by atoms with Gasteiger partial charge in [0, 0.05) is 11.1 Å². The summed E-state index contributed by atoms with van der Waals surface area (Å²) < 4.78 is 43.1. The number of carboxylic acid groups (broad SMARTS) is 1. The van der Waals surface area contributed by atoms with Crippen LogP contribution in [0.4, 0.5) is 0 Å². The van der Waals surface area contributed by atoms with Crippen molar-refractivity contribution in [3.8, 4) is 17.2 Å². The van der Waals surface area contributed by atoms with Crippen LogP contribution in [0.15, 0.2) is 78.2 Å². The zero-order chi connectivity index (χ0) is 31.0. The minimum absolute atomic E-state index is 0.0424. The molecule has 12 nitrogen and oxygen atoms in total. The monoisotopic (exact) mass is 592 g/mol. The number of carboxylic acids is 1. The van der Waals surface area contributed by atoms with E-state index in [4.69, 9.17) is 23.5 Å². The molecule has 0 saturated heterocycles. The number of phenols is 2. The van der Waals surface area contributed by atoms with E-state index in [0.29, 0.717) is 11.1 Å². The SMILES string of the molecule is C=C(C)C(=O)OC(COS(=O)(=O)C=Cc1ccccc1)CC(=O)O.C=C(C)C(=O)OCCOc1cccc(O)c1O. The molecule has 2 rings (SSSR count). The number of rotatable bonds is 14. The highest BCUT2D eigenvalue weighted by molar-refractivity contribution is 7.89. The second-order valence-electron chi connectivity index (χ2n) is 8.28. The summed E-state index contributed by atoms with van der Waals surface area (Å²) in [6.07, 6.45) is -0.496. The summed E-state index contributed by atoms with van der Waals surface area (Å²) in [6.45, 7) is 9.25. The molecule has 0 heterocycles. The molecule has 0 spiro atoms. The van der Waals surface area contributed by atoms with Gasteiger partial charge in [0.1, 0.15) is 25.9 Å². The lowest BCUT2D eigenvalue weighted by molar-refractivity contribution is -0.151. The molecule has 0 aliphatic rings. The average molecular weight is 593 g/mol. The number of aromatic hydroxyl groups is 2. The standard InChI is InChI=1S/C16H18O7S.C12H14O5/c1-12(2)16(19)23-14(10-15(17)18)11-22-24(20,21)9-8-13-6-4-3-5-7-13;1-8(2)12(15)17-7-6-16-10-5-3-4-9(13)11(10)14/h3-9,14H,1,10-11H2,2H3,(H,17,18);3-5,13-14H,1,6-7H2,2H3. The van der Waals surface area contributed by atoms with Crippen LogP contribution in [0.2, 0.25) is 0 Å². The summed E-state index contributed by atoms with van der Waals surface area (Å²) in [5.41, 5.74) is 1.03. The molecule has 1 atom stereocenters. The molecule has 0 saturated carbocycles. The Morgan fingerprint density at radius 3 is 2.15 bits per heavy atom. The highest BCUT2D eigenvalue weighted by Gasteiger charge is 2.21. The fourth-order valence-electron chi connectivity index (χ4n) is 2.55. The fourth-order valence-corrected chi connectivity index (χ4v) is 3.30. The van der Waals surface area contributed by atoms with Gasteiger partial charge in [0.2, 0.25) is 5.75 Å². The lowest BCUT2D eigenvalue weighted by Crippen LogP contribution is -2.27. The maximum atomic E-state index is 11.8. The minimum Gasteiger partial charge on any atom is -0.504 e. The van der Waals surface area contributed by atoms with Crippen LogP contribution in [0.1, 0.15) is 25.8 Å². The number of benzene rings is 2. The lowest BCUT2D eigenvalue weighted by atomic mass is 10.2. The second kappa shape index (κ2) is 17.2. The Labute approximate surface area is 237 Å². The van der Waals surface area contributed by atoms with Crippen LogP contribution in [0.5, 0.6) is 17.2 Å². The van der Waals surface area contributed by atoms with Gasteiger partial charge in [-0.1, -0.05) is 49.6 Å². The van der Waals surface area contributed by atoms with Crippen LogP contribution in [0.25, 0.3) is 6.08 Å². The summed E-state index contributed by atoms with van der Waals surface area (Å²) in [5.74, 6) is -3.03. The number of carbonyl (C=O) groups is 3. The van der Waals surface area contributed by atoms with Crippen molar-refractivity contribution in [3.63, 3.8) is 0 Å². The van der Waals surface area contributed by atoms with E-state index in [1.165, 1.54) is 31.2 Å². The third kappa shape index (κ3) is 14.4. The topological polar surface area (TPSA) is 183 Å². The number of phenolic OH excluding ortho intramolecular Hbond substituents is 2. The Morgan fingerprint density at radius 1 is 0.927 bits per heavy atom. The van der Waals surface area contributed by atoms with Crippen molar-refractivity contribution in [2.24, 2.45) is 0 Å². The number of hydrogen-bond donors (Lipinski definition) is 3. The van der Waals surface area contributed by atoms with E-state index < -0.39 is 47.2 Å². The van der Waals surface area contributed by atoms with Crippen molar-refractivity contribution in [2.45, 2.75) is 26.4 Å². The van der Waals surface area contributed by atoms with Crippen LogP contribution >= 0.6 is 0 Å². The Bertz CT molecular complexity index is 1350. The summed E-state index contributed by atoms with van der Waals surface area (Å²) >= 11 is 0. The predicted octanol–water partition coefficient (Wildman–Crippen LogP) is 3.56. The van der Waals surface area contributed by atoms with Crippen LogP contribution in [0.3, 0.4) is 0 Å². The normalized spacial score (nSPS) is 11.5. The second-order valence-corrected chi connectivity index (χ2v) is 9.78. The van der Waals surface area contributed by atoms with Gasteiger partial charge in [-0.05, 0) is 37.6 Å². The highest BCUT2D eigenvalue weighted by Crippen LogP contribution is 2.34. The van der Waals surface area contributed by atoms with E-state index in [1.54, 1.807) is 37.3 Å². The fraction of sp³-hybridized carbons (Fsp3) is 0.250. The molecule has 13 heteroatoms. The lowest BCUT2D eigenvalue weighted by Gasteiger charge is -2.15. The zero-order valence-electron chi connectivity index (χ0n) is 22.5. The van der Waals surface area contributed by atoms with Crippen molar-refractivity contribution < 1.29 is 56.5 Å². The van der Waals surface area contributed by atoms with Gasteiger partial charge in [0.15, 0.2) is 11.5 Å². The van der Waals surface area contributed by atoms with E-state index in [0.717, 1.165) is 5.41 Å². The van der Waals surface area contributed by atoms with Crippen molar-refractivity contribution in [1.29, 1.82) is 0 Å². The molecule has 0 amide bonds. The Kier molecular flexibility index (Phi) is 14.4. The molecule has 3 N–H and O–H groups in total. The molecule has 0 aliphatic carbocycles. The molecule has 1 unspecified atom stereocenters. The van der Waals surface area contributed by atoms with Crippen LogP contribution < -0.4 is 4.74 Å². The number of hydrogen-bond acceptors (Lipinski definition) is 11. The zero-order valence-corrected chi connectivity index (χ0v) is 23.3. The smallest absolute Gasteiger partial charge is 0.333 e. The van der Waals surface area contributed by atoms with Crippen LogP contribution in [0, 0.1) is 0 Å². The van der Waals surface area contributed by atoms with Gasteiger partial charge in [-0.15, -0.1) is 0 Å². The molecular weight excluding hydrogens is 560 g/mol. The first kappa shape index (κ1) is 34.4. The maximum Gasteiger partial charge on any atom is 0.333 e. The Morgan fingerprint density at radius 2 is 1.56 bits per heavy atom. The molecule has 0 aromatic heterocycles. The number of aliphatic carboxylic acids is 1. The summed E-state index contributed by atoms with van der Waals surface area (Å²) in [6, 6.07) is 13.0. The van der Waals surface area contributed by atoms with E-state index in [9.17, 15) is 33.0 Å². The quantitative estimate of drug-likeness (QED) is 0.0954. The summed E-state index contributed by atoms with van der Waals surface area (Å²) in [5, 5.41) is 28.2. The number of esters is 2. The maximum absolute atomic E-state index is 11.8. The molecule has 0 bridgehead atoms. The molecule has 0 radical (unpaired) electrons. The van der Waals surface area contributed by atoms with Crippen LogP contribution in [-0.2, 0) is 38.2 Å². The van der Waals surface area contributed by atoms with Gasteiger partial charge in [0.25, 0.3) is 10.1 Å². The first-order valence-electron chi connectivity index (χ1n) is 11.9. The number of para-hydroxylation sites is 1. The molecule has 41 heavy (non-hydrogen) atoms. The van der Waals surface area contributed by atoms with E-state index in [1.807, 2.05) is 0 Å². The molecule has 0 fully saturated rings. The molecule has 2 aromatic rings. The van der Waals surface area contributed by atoms with Crippen molar-refractivity contribution >= 4 is 34.1 Å². The van der Waals surface area contributed by atoms with Gasteiger partial charge in [-0.25, -0.2) is 9.59 Å². The van der Waals surface area contributed by atoms with E-state index >= 15 is 0 Å². The van der Waals surface area contributed by atoms with Gasteiger partial charge in [-0.3, -0.25) is 8.98 Å². The first-order valence-corrected chi connectivity index (χ1v) is 13.4. The largest absolute Gasteiger partial charge is 0.504 e. The minimum atomic E-state index is -4.05. The van der Waals surface area contributed by atoms with E-state index in [2.05, 4.69) is 13.2 Å².